The number of hydrogen-bond donors (Lipinski definition) is 2. The summed E-state index contributed by atoms with van der Waals surface area (Å²) in [5.74, 6) is -0.606. The molecule has 2 amide bonds. The van der Waals surface area contributed by atoms with Crippen LogP contribution in [0.25, 0.3) is 0 Å². The number of nitrogens with one attached hydrogen (secondary N) is 2. The molecule has 0 unspecified atom stereocenters. The van der Waals surface area contributed by atoms with Crippen LogP contribution in [0, 0.1) is 5.82 Å². The number of anilines is 1. The highest BCUT2D eigenvalue weighted by Gasteiger charge is 2.24. The zero-order valence-electron chi connectivity index (χ0n) is 15.5. The largest absolute Gasteiger partial charge is 0.350 e. The summed E-state index contributed by atoms with van der Waals surface area (Å²) in [5, 5.41) is 5.58. The van der Waals surface area contributed by atoms with E-state index in [0.29, 0.717) is 17.8 Å². The van der Waals surface area contributed by atoms with Crippen LogP contribution >= 0.6 is 11.8 Å². The van der Waals surface area contributed by atoms with Gasteiger partial charge in [-0.2, -0.15) is 0 Å². The van der Waals surface area contributed by atoms with Gasteiger partial charge in [-0.1, -0.05) is 12.1 Å². The van der Waals surface area contributed by atoms with E-state index in [4.69, 9.17) is 0 Å². The highest BCUT2D eigenvalue weighted by Crippen LogP contribution is 2.35. The SMILES string of the molecule is C[C@@H]1Sc2ccc(C(=O)NC[C@@H](c3cccc(F)c3)N(C)C)cc2NC1=O. The minimum Gasteiger partial charge on any atom is -0.350 e. The van der Waals surface area contributed by atoms with Gasteiger partial charge in [-0.25, -0.2) is 4.39 Å². The normalized spacial score (nSPS) is 17.2. The number of carbonyl (C=O) groups excluding carboxylic acids is 2. The van der Waals surface area contributed by atoms with E-state index in [1.54, 1.807) is 18.2 Å². The first-order valence-electron chi connectivity index (χ1n) is 8.67. The Morgan fingerprint density at radius 3 is 2.78 bits per heavy atom. The molecule has 0 fully saturated rings. The molecule has 7 heteroatoms. The average molecular weight is 387 g/mol. The molecule has 1 aliphatic heterocycles. The molecule has 3 rings (SSSR count). The number of carbonyl (C=O) groups is 2. The van der Waals surface area contributed by atoms with E-state index in [0.717, 1.165) is 10.5 Å². The quantitative estimate of drug-likeness (QED) is 0.827. The Bertz CT molecular complexity index is 872. The molecule has 142 valence electrons. The monoisotopic (exact) mass is 387 g/mol. The summed E-state index contributed by atoms with van der Waals surface area (Å²) in [6.07, 6.45) is 0. The summed E-state index contributed by atoms with van der Waals surface area (Å²) in [7, 11) is 3.77. The lowest BCUT2D eigenvalue weighted by molar-refractivity contribution is -0.115. The molecule has 1 heterocycles. The highest BCUT2D eigenvalue weighted by atomic mass is 32.2. The maximum absolute atomic E-state index is 13.5. The minimum atomic E-state index is -0.303. The summed E-state index contributed by atoms with van der Waals surface area (Å²) < 4.78 is 13.5. The van der Waals surface area contributed by atoms with Crippen molar-refractivity contribution in [3.05, 3.63) is 59.4 Å². The van der Waals surface area contributed by atoms with Gasteiger partial charge in [0.15, 0.2) is 0 Å². The van der Waals surface area contributed by atoms with Gasteiger partial charge in [0.25, 0.3) is 5.91 Å². The molecule has 5 nitrogen and oxygen atoms in total. The smallest absolute Gasteiger partial charge is 0.251 e. The van der Waals surface area contributed by atoms with E-state index in [1.807, 2.05) is 38.1 Å². The van der Waals surface area contributed by atoms with E-state index in [-0.39, 0.29) is 28.9 Å². The van der Waals surface area contributed by atoms with Crippen molar-refractivity contribution in [3.63, 3.8) is 0 Å². The van der Waals surface area contributed by atoms with Gasteiger partial charge < -0.3 is 15.5 Å². The number of nitrogens with zero attached hydrogens (tertiary/aromatic N) is 1. The van der Waals surface area contributed by atoms with Crippen LogP contribution in [0.5, 0.6) is 0 Å². The standard InChI is InChI=1S/C20H22FN3O2S/c1-12-19(25)23-16-10-14(7-8-18(16)27-12)20(26)22-11-17(24(2)3)13-5-4-6-15(21)9-13/h4-10,12,17H,11H2,1-3H3,(H,22,26)(H,23,25)/t12-,17-/m0/s1. The number of halogens is 1. The zero-order valence-corrected chi connectivity index (χ0v) is 16.3. The maximum Gasteiger partial charge on any atom is 0.251 e. The lowest BCUT2D eigenvalue weighted by atomic mass is 10.1. The molecule has 0 aliphatic carbocycles. The van der Waals surface area contributed by atoms with Crippen molar-refractivity contribution in [1.82, 2.24) is 10.2 Å². The molecule has 2 atom stereocenters. The number of hydrogen-bond acceptors (Lipinski definition) is 4. The third-order valence-electron chi connectivity index (χ3n) is 4.49. The minimum absolute atomic E-state index is 0.0659. The van der Waals surface area contributed by atoms with Gasteiger partial charge in [0.1, 0.15) is 5.82 Å². The Morgan fingerprint density at radius 2 is 2.07 bits per heavy atom. The highest BCUT2D eigenvalue weighted by molar-refractivity contribution is 8.00. The fraction of sp³-hybridized carbons (Fsp3) is 0.300. The molecule has 0 bridgehead atoms. The molecular formula is C20H22FN3O2S. The Balaban J connectivity index is 1.71. The van der Waals surface area contributed by atoms with E-state index < -0.39 is 0 Å². The van der Waals surface area contributed by atoms with Gasteiger partial charge in [-0.3, -0.25) is 9.59 Å². The predicted octanol–water partition coefficient (Wildman–Crippen LogP) is 3.29. The summed E-state index contributed by atoms with van der Waals surface area (Å²) in [6, 6.07) is 11.5. The Hall–Kier alpha value is -2.38. The van der Waals surface area contributed by atoms with Crippen molar-refractivity contribution in [1.29, 1.82) is 0 Å². The van der Waals surface area contributed by atoms with Crippen molar-refractivity contribution in [3.8, 4) is 0 Å². The van der Waals surface area contributed by atoms with E-state index >= 15 is 0 Å². The van der Waals surface area contributed by atoms with Crippen LogP contribution in [0.4, 0.5) is 10.1 Å². The molecule has 0 saturated carbocycles. The number of thioether (sulfide) groups is 1. The van der Waals surface area contributed by atoms with Crippen molar-refractivity contribution >= 4 is 29.3 Å². The fourth-order valence-corrected chi connectivity index (χ4v) is 3.88. The first kappa shape index (κ1) is 19.4. The molecule has 0 spiro atoms. The number of likely N-dealkylation sites (N-methyl/N-ethyl adjacent to an activating group) is 1. The summed E-state index contributed by atoms with van der Waals surface area (Å²) in [4.78, 5) is 27.3. The number of fused-ring (bicyclic) bond motifs is 1. The van der Waals surface area contributed by atoms with E-state index in [2.05, 4.69) is 10.6 Å². The third kappa shape index (κ3) is 4.48. The number of rotatable bonds is 5. The second-order valence-corrected chi connectivity index (χ2v) is 8.09. The fourth-order valence-electron chi connectivity index (χ4n) is 2.95. The summed E-state index contributed by atoms with van der Waals surface area (Å²) in [6.45, 7) is 2.18. The molecule has 1 aliphatic rings. The summed E-state index contributed by atoms with van der Waals surface area (Å²) in [5.41, 5.74) is 1.93. The van der Waals surface area contributed by atoms with Crippen LogP contribution in [0.15, 0.2) is 47.4 Å². The lowest BCUT2D eigenvalue weighted by Crippen LogP contribution is -2.34. The van der Waals surface area contributed by atoms with Crippen molar-refractivity contribution in [2.75, 3.05) is 26.0 Å². The maximum atomic E-state index is 13.5. The van der Waals surface area contributed by atoms with Gasteiger partial charge in [0.05, 0.1) is 17.0 Å². The van der Waals surface area contributed by atoms with Crippen LogP contribution in [0.1, 0.15) is 28.9 Å². The second-order valence-electron chi connectivity index (χ2n) is 6.70. The zero-order chi connectivity index (χ0) is 19.6. The molecule has 2 aromatic carbocycles. The van der Waals surface area contributed by atoms with Crippen LogP contribution < -0.4 is 10.6 Å². The first-order valence-corrected chi connectivity index (χ1v) is 9.55. The molecule has 2 N–H and O–H groups in total. The predicted molar refractivity (Wildman–Crippen MR) is 106 cm³/mol. The van der Waals surface area contributed by atoms with Gasteiger partial charge in [0.2, 0.25) is 5.91 Å². The number of benzene rings is 2. The molecule has 2 aromatic rings. The van der Waals surface area contributed by atoms with Crippen LogP contribution in [-0.2, 0) is 4.79 Å². The van der Waals surface area contributed by atoms with Crippen LogP contribution in [0.3, 0.4) is 0 Å². The first-order chi connectivity index (χ1) is 12.8. The van der Waals surface area contributed by atoms with E-state index in [1.165, 1.54) is 23.9 Å². The van der Waals surface area contributed by atoms with Gasteiger partial charge >= 0.3 is 0 Å². The molecule has 0 saturated heterocycles. The second kappa shape index (κ2) is 8.10. The molecule has 0 radical (unpaired) electrons. The number of amides is 2. The van der Waals surface area contributed by atoms with Gasteiger partial charge in [-0.05, 0) is 56.9 Å². The van der Waals surface area contributed by atoms with Gasteiger partial charge in [0, 0.05) is 17.0 Å². The van der Waals surface area contributed by atoms with Gasteiger partial charge in [-0.15, -0.1) is 11.8 Å². The van der Waals surface area contributed by atoms with E-state index in [9.17, 15) is 14.0 Å². The van der Waals surface area contributed by atoms with Crippen molar-refractivity contribution in [2.24, 2.45) is 0 Å². The molecular weight excluding hydrogens is 365 g/mol. The third-order valence-corrected chi connectivity index (χ3v) is 5.66. The van der Waals surface area contributed by atoms with Crippen molar-refractivity contribution < 1.29 is 14.0 Å². The van der Waals surface area contributed by atoms with Crippen molar-refractivity contribution in [2.45, 2.75) is 23.1 Å². The Labute approximate surface area is 162 Å². The summed E-state index contributed by atoms with van der Waals surface area (Å²) >= 11 is 1.48. The molecule has 27 heavy (non-hydrogen) atoms. The van der Waals surface area contributed by atoms with Crippen LogP contribution in [-0.4, -0.2) is 42.6 Å². The molecule has 0 aromatic heterocycles. The topological polar surface area (TPSA) is 61.4 Å². The van der Waals surface area contributed by atoms with Crippen LogP contribution in [0.2, 0.25) is 0 Å². The Morgan fingerprint density at radius 1 is 1.30 bits per heavy atom. The average Bonchev–Trinajstić information content (AvgIpc) is 2.62. The Kier molecular flexibility index (Phi) is 5.82. The lowest BCUT2D eigenvalue weighted by Gasteiger charge is -2.25.